The highest BCUT2D eigenvalue weighted by Gasteiger charge is 2.31. The molecule has 0 amide bonds. The van der Waals surface area contributed by atoms with Crippen molar-refractivity contribution < 1.29 is 4.52 Å². The molecule has 2 N–H and O–H groups in total. The molecule has 138 valence electrons. The van der Waals surface area contributed by atoms with Gasteiger partial charge in [-0.25, -0.2) is 0 Å². The van der Waals surface area contributed by atoms with Gasteiger partial charge in [0.1, 0.15) is 0 Å². The molecule has 0 radical (unpaired) electrons. The molecule has 0 aromatic carbocycles. The molecule has 0 spiro atoms. The zero-order valence-electron chi connectivity index (χ0n) is 15.4. The van der Waals surface area contributed by atoms with Crippen LogP contribution in [0.2, 0.25) is 0 Å². The first-order chi connectivity index (χ1) is 11.1. The van der Waals surface area contributed by atoms with Crippen molar-refractivity contribution in [2.24, 2.45) is 10.4 Å². The van der Waals surface area contributed by atoms with Crippen LogP contribution < -0.4 is 10.6 Å². The van der Waals surface area contributed by atoms with E-state index in [4.69, 9.17) is 4.52 Å². The van der Waals surface area contributed by atoms with Gasteiger partial charge in [-0.1, -0.05) is 38.8 Å². The average molecular weight is 449 g/mol. The summed E-state index contributed by atoms with van der Waals surface area (Å²) in [5, 5.41) is 10.8. The molecule has 1 fully saturated rings. The van der Waals surface area contributed by atoms with Crippen molar-refractivity contribution >= 4 is 29.9 Å². The Morgan fingerprint density at radius 3 is 2.54 bits per heavy atom. The van der Waals surface area contributed by atoms with Crippen LogP contribution >= 0.6 is 24.0 Å². The van der Waals surface area contributed by atoms with Crippen molar-refractivity contribution in [1.82, 2.24) is 20.8 Å². The van der Waals surface area contributed by atoms with Crippen molar-refractivity contribution in [3.8, 4) is 0 Å². The van der Waals surface area contributed by atoms with E-state index in [1.54, 1.807) is 0 Å². The molecule has 1 aliphatic carbocycles. The Morgan fingerprint density at radius 2 is 2.00 bits per heavy atom. The molecule has 1 heterocycles. The van der Waals surface area contributed by atoms with Crippen LogP contribution in [0.1, 0.15) is 70.5 Å². The average Bonchev–Trinajstić information content (AvgIpc) is 3.20. The molecule has 2 rings (SSSR count). The van der Waals surface area contributed by atoms with Gasteiger partial charge in [-0.15, -0.1) is 24.0 Å². The standard InChI is InChI=1S/C17H31N5O.HI/c1-5-17(9-6-7-10-17)12-20-16(18-4)19-11-8-14-21-15(13(2)3)22-23-14;/h13H,5-12H2,1-4H3,(H2,18,19,20);1H. The maximum Gasteiger partial charge on any atom is 0.228 e. The summed E-state index contributed by atoms with van der Waals surface area (Å²) in [6, 6.07) is 0. The summed E-state index contributed by atoms with van der Waals surface area (Å²) in [4.78, 5) is 8.69. The Kier molecular flexibility index (Phi) is 9.01. The predicted molar refractivity (Wildman–Crippen MR) is 108 cm³/mol. The van der Waals surface area contributed by atoms with E-state index in [-0.39, 0.29) is 24.0 Å². The molecule has 0 aliphatic heterocycles. The molecule has 7 heteroatoms. The normalized spacial score (nSPS) is 17.0. The third-order valence-electron chi connectivity index (χ3n) is 4.90. The summed E-state index contributed by atoms with van der Waals surface area (Å²) in [6.45, 7) is 8.15. The second-order valence-corrected chi connectivity index (χ2v) is 6.86. The van der Waals surface area contributed by atoms with E-state index in [2.05, 4.69) is 46.5 Å². The lowest BCUT2D eigenvalue weighted by Crippen LogP contribution is -2.43. The Labute approximate surface area is 162 Å². The number of aromatic nitrogens is 2. The van der Waals surface area contributed by atoms with Crippen molar-refractivity contribution in [2.75, 3.05) is 20.1 Å². The van der Waals surface area contributed by atoms with Crippen LogP contribution in [-0.4, -0.2) is 36.2 Å². The van der Waals surface area contributed by atoms with Crippen LogP contribution in [-0.2, 0) is 6.42 Å². The third-order valence-corrected chi connectivity index (χ3v) is 4.90. The van der Waals surface area contributed by atoms with Gasteiger partial charge in [0.25, 0.3) is 0 Å². The second-order valence-electron chi connectivity index (χ2n) is 6.86. The van der Waals surface area contributed by atoms with Crippen molar-refractivity contribution in [3.63, 3.8) is 0 Å². The van der Waals surface area contributed by atoms with Crippen molar-refractivity contribution in [3.05, 3.63) is 11.7 Å². The Bertz CT molecular complexity index is 509. The molecule has 1 aliphatic rings. The zero-order chi connectivity index (χ0) is 16.7. The van der Waals surface area contributed by atoms with Gasteiger partial charge in [-0.2, -0.15) is 4.98 Å². The van der Waals surface area contributed by atoms with E-state index < -0.39 is 0 Å². The van der Waals surface area contributed by atoms with Crippen LogP contribution in [0, 0.1) is 5.41 Å². The first kappa shape index (κ1) is 21.2. The fourth-order valence-corrected chi connectivity index (χ4v) is 3.16. The summed E-state index contributed by atoms with van der Waals surface area (Å²) in [6.07, 6.45) is 7.31. The van der Waals surface area contributed by atoms with Gasteiger partial charge in [0.15, 0.2) is 11.8 Å². The van der Waals surface area contributed by atoms with E-state index in [1.807, 2.05) is 7.05 Å². The van der Waals surface area contributed by atoms with Gasteiger partial charge in [0, 0.05) is 32.5 Å². The Balaban J connectivity index is 0.00000288. The minimum atomic E-state index is 0. The van der Waals surface area contributed by atoms with Crippen molar-refractivity contribution in [1.29, 1.82) is 0 Å². The summed E-state index contributed by atoms with van der Waals surface area (Å²) < 4.78 is 5.25. The Hall–Kier alpha value is -0.860. The highest BCUT2D eigenvalue weighted by Crippen LogP contribution is 2.40. The van der Waals surface area contributed by atoms with E-state index in [0.717, 1.165) is 24.9 Å². The quantitative estimate of drug-likeness (QED) is 0.379. The highest BCUT2D eigenvalue weighted by atomic mass is 127. The second kappa shape index (κ2) is 10.2. The molecular formula is C17H32IN5O. The number of aliphatic imine (C=N–C) groups is 1. The molecule has 6 nitrogen and oxygen atoms in total. The maximum atomic E-state index is 5.25. The lowest BCUT2D eigenvalue weighted by atomic mass is 9.83. The number of nitrogens with one attached hydrogen (secondary N) is 2. The summed E-state index contributed by atoms with van der Waals surface area (Å²) >= 11 is 0. The van der Waals surface area contributed by atoms with Gasteiger partial charge in [0.2, 0.25) is 5.89 Å². The van der Waals surface area contributed by atoms with Crippen LogP contribution in [0.5, 0.6) is 0 Å². The maximum absolute atomic E-state index is 5.25. The van der Waals surface area contributed by atoms with Crippen LogP contribution in [0.4, 0.5) is 0 Å². The molecular weight excluding hydrogens is 417 g/mol. The SMILES string of the molecule is CCC1(CNC(=NC)NCCc2nc(C(C)C)no2)CCCC1.I. The fourth-order valence-electron chi connectivity index (χ4n) is 3.16. The van der Waals surface area contributed by atoms with Crippen LogP contribution in [0.3, 0.4) is 0 Å². The number of guanidine groups is 1. The monoisotopic (exact) mass is 449 g/mol. The highest BCUT2D eigenvalue weighted by molar-refractivity contribution is 14.0. The summed E-state index contributed by atoms with van der Waals surface area (Å²) in [5.41, 5.74) is 0.455. The third kappa shape index (κ3) is 5.89. The fraction of sp³-hybridized carbons (Fsp3) is 0.824. The molecule has 0 bridgehead atoms. The van der Waals surface area contributed by atoms with E-state index >= 15 is 0 Å². The van der Waals surface area contributed by atoms with Gasteiger partial charge < -0.3 is 15.2 Å². The zero-order valence-corrected chi connectivity index (χ0v) is 17.7. The molecule has 1 saturated carbocycles. The van der Waals surface area contributed by atoms with Gasteiger partial charge in [0.05, 0.1) is 0 Å². The molecule has 0 atom stereocenters. The first-order valence-corrected chi connectivity index (χ1v) is 8.85. The van der Waals surface area contributed by atoms with Gasteiger partial charge in [-0.3, -0.25) is 4.99 Å². The smallest absolute Gasteiger partial charge is 0.228 e. The van der Waals surface area contributed by atoms with Crippen LogP contribution in [0.15, 0.2) is 9.52 Å². The van der Waals surface area contributed by atoms with Gasteiger partial charge >= 0.3 is 0 Å². The van der Waals surface area contributed by atoms with Gasteiger partial charge in [-0.05, 0) is 24.7 Å². The van der Waals surface area contributed by atoms with E-state index in [1.165, 1.54) is 32.1 Å². The molecule has 24 heavy (non-hydrogen) atoms. The predicted octanol–water partition coefficient (Wildman–Crippen LogP) is 3.49. The number of rotatable bonds is 7. The first-order valence-electron chi connectivity index (χ1n) is 8.85. The van der Waals surface area contributed by atoms with Crippen LogP contribution in [0.25, 0.3) is 0 Å². The molecule has 0 unspecified atom stereocenters. The Morgan fingerprint density at radius 1 is 1.29 bits per heavy atom. The van der Waals surface area contributed by atoms with E-state index in [0.29, 0.717) is 23.6 Å². The number of hydrogen-bond donors (Lipinski definition) is 2. The number of nitrogens with zero attached hydrogens (tertiary/aromatic N) is 3. The summed E-state index contributed by atoms with van der Waals surface area (Å²) in [7, 11) is 1.81. The summed E-state index contributed by atoms with van der Waals surface area (Å²) in [5.74, 6) is 2.60. The number of hydrogen-bond acceptors (Lipinski definition) is 4. The minimum absolute atomic E-state index is 0. The number of halogens is 1. The molecule has 1 aromatic heterocycles. The molecule has 1 aromatic rings. The minimum Gasteiger partial charge on any atom is -0.356 e. The van der Waals surface area contributed by atoms with E-state index in [9.17, 15) is 0 Å². The molecule has 0 saturated heterocycles. The topological polar surface area (TPSA) is 75.3 Å². The lowest BCUT2D eigenvalue weighted by molar-refractivity contribution is 0.283. The largest absolute Gasteiger partial charge is 0.356 e. The van der Waals surface area contributed by atoms with Crippen molar-refractivity contribution in [2.45, 2.75) is 65.2 Å². The lowest BCUT2D eigenvalue weighted by Gasteiger charge is -2.28.